The Balaban J connectivity index is 0.952. The number of ether oxygens (including phenoxy) is 3. The number of nitrogens with one attached hydrogen (secondary N) is 5. The van der Waals surface area contributed by atoms with E-state index in [0.717, 1.165) is 58.3 Å². The third-order valence-electron chi connectivity index (χ3n) is 12.0. The van der Waals surface area contributed by atoms with Crippen LogP contribution >= 0.6 is 0 Å². The summed E-state index contributed by atoms with van der Waals surface area (Å²) in [6.45, 7) is 1.46. The number of anilines is 2. The Kier molecular flexibility index (Phi) is 17.0. The minimum absolute atomic E-state index is 0.0189. The van der Waals surface area contributed by atoms with Crippen molar-refractivity contribution in [1.29, 1.82) is 0 Å². The van der Waals surface area contributed by atoms with E-state index in [-0.39, 0.29) is 36.6 Å². The Morgan fingerprint density at radius 2 is 1.02 bits per heavy atom. The third-order valence-corrected chi connectivity index (χ3v) is 12.0. The predicted molar refractivity (Wildman–Crippen MR) is 256 cm³/mol. The molecular formula is C54H59N5O6. The standard InChI is InChI=1S/C54H59N5O6/c1-63-37-56-50(48(40-21-7-3-8-22-40)41-23-9-4-10-24-41)52(60)57-46-29-17-15-19-38(46)31-33-44-36-65-45(35-55-44)34-32-39-20-16-18-30-47(39)58-53(61)51(59-54(62)64-2)49(42-25-11-5-12-26-42)43-27-13-6-14-28-43/h3-30,44-45,48-51,55-56H,31-37H2,1-2H3,(H,57,60)(H,58,61)(H,59,62). The molecule has 5 N–H and O–H groups in total. The maximum absolute atomic E-state index is 14.3. The molecule has 11 nitrogen and oxygen atoms in total. The highest BCUT2D eigenvalue weighted by Gasteiger charge is 2.34. The van der Waals surface area contributed by atoms with Gasteiger partial charge in [-0.15, -0.1) is 0 Å². The number of alkyl carbamates (subject to hydrolysis) is 1. The van der Waals surface area contributed by atoms with Crippen LogP contribution in [0.3, 0.4) is 0 Å². The number of carbonyl (C=O) groups is 3. The molecule has 4 atom stereocenters. The minimum Gasteiger partial charge on any atom is -0.453 e. The molecule has 6 aromatic carbocycles. The fraction of sp³-hybridized carbons (Fsp3) is 0.278. The number of para-hydroxylation sites is 2. The Morgan fingerprint density at radius 1 is 0.585 bits per heavy atom. The first-order valence-corrected chi connectivity index (χ1v) is 22.3. The summed E-state index contributed by atoms with van der Waals surface area (Å²) in [5.41, 5.74) is 7.31. The molecule has 4 unspecified atom stereocenters. The molecule has 0 radical (unpaired) electrons. The van der Waals surface area contributed by atoms with Gasteiger partial charge in [0.2, 0.25) is 11.8 Å². The summed E-state index contributed by atoms with van der Waals surface area (Å²) in [5.74, 6) is -1.22. The van der Waals surface area contributed by atoms with Crippen molar-refractivity contribution < 1.29 is 28.6 Å². The van der Waals surface area contributed by atoms with Crippen LogP contribution in [0.1, 0.15) is 58.1 Å². The molecule has 1 aliphatic heterocycles. The van der Waals surface area contributed by atoms with E-state index < -0.39 is 24.1 Å². The van der Waals surface area contributed by atoms with E-state index in [1.807, 2.05) is 140 Å². The van der Waals surface area contributed by atoms with E-state index >= 15 is 0 Å². The summed E-state index contributed by atoms with van der Waals surface area (Å²) < 4.78 is 16.8. The van der Waals surface area contributed by atoms with Gasteiger partial charge in [0.15, 0.2) is 0 Å². The molecule has 0 saturated carbocycles. The zero-order valence-corrected chi connectivity index (χ0v) is 37.0. The van der Waals surface area contributed by atoms with E-state index in [0.29, 0.717) is 25.3 Å². The average Bonchev–Trinajstić information content (AvgIpc) is 3.36. The van der Waals surface area contributed by atoms with Crippen molar-refractivity contribution in [3.63, 3.8) is 0 Å². The van der Waals surface area contributed by atoms with Crippen LogP contribution in [-0.2, 0) is 36.6 Å². The molecule has 1 saturated heterocycles. The molecule has 0 spiro atoms. The van der Waals surface area contributed by atoms with Gasteiger partial charge in [-0.3, -0.25) is 14.9 Å². The largest absolute Gasteiger partial charge is 0.453 e. The number of morpholine rings is 1. The molecule has 0 aliphatic carbocycles. The molecular weight excluding hydrogens is 815 g/mol. The average molecular weight is 874 g/mol. The van der Waals surface area contributed by atoms with Crippen LogP contribution in [-0.4, -0.2) is 76.2 Å². The first kappa shape index (κ1) is 46.4. The van der Waals surface area contributed by atoms with E-state index in [1.54, 1.807) is 7.11 Å². The summed E-state index contributed by atoms with van der Waals surface area (Å²) >= 11 is 0. The van der Waals surface area contributed by atoms with Gasteiger partial charge in [-0.05, 0) is 71.2 Å². The first-order chi connectivity index (χ1) is 31.9. The van der Waals surface area contributed by atoms with Crippen LogP contribution in [0.5, 0.6) is 0 Å². The summed E-state index contributed by atoms with van der Waals surface area (Å²) in [6, 6.07) is 53.9. The quantitative estimate of drug-likeness (QED) is 0.0482. The molecule has 6 aromatic rings. The SMILES string of the molecule is COCNC(C(=O)Nc1ccccc1CCC1COC(CCc2ccccc2NC(=O)C(NC(=O)OC)C(c2ccccc2)c2ccccc2)CN1)C(c1ccccc1)c1ccccc1. The fourth-order valence-electron chi connectivity index (χ4n) is 8.64. The molecule has 0 bridgehead atoms. The summed E-state index contributed by atoms with van der Waals surface area (Å²) in [7, 11) is 2.90. The monoisotopic (exact) mass is 873 g/mol. The lowest BCUT2D eigenvalue weighted by atomic mass is 9.84. The van der Waals surface area contributed by atoms with E-state index in [4.69, 9.17) is 14.2 Å². The van der Waals surface area contributed by atoms with Crippen molar-refractivity contribution >= 4 is 29.3 Å². The molecule has 11 heteroatoms. The van der Waals surface area contributed by atoms with Crippen molar-refractivity contribution in [2.75, 3.05) is 44.7 Å². The maximum Gasteiger partial charge on any atom is 0.407 e. The number of amides is 3. The number of rotatable bonds is 20. The molecule has 1 heterocycles. The molecule has 336 valence electrons. The Hall–Kier alpha value is -6.63. The molecule has 3 amide bonds. The lowest BCUT2D eigenvalue weighted by molar-refractivity contribution is -0.119. The Bertz CT molecular complexity index is 2320. The van der Waals surface area contributed by atoms with Crippen molar-refractivity contribution in [1.82, 2.24) is 16.0 Å². The molecule has 1 aliphatic rings. The van der Waals surface area contributed by atoms with Gasteiger partial charge in [0, 0.05) is 42.9 Å². The lowest BCUT2D eigenvalue weighted by Crippen LogP contribution is -2.48. The first-order valence-electron chi connectivity index (χ1n) is 22.3. The van der Waals surface area contributed by atoms with Crippen LogP contribution in [0.15, 0.2) is 170 Å². The van der Waals surface area contributed by atoms with Crippen LogP contribution in [0.2, 0.25) is 0 Å². The van der Waals surface area contributed by atoms with E-state index in [1.165, 1.54) is 7.11 Å². The van der Waals surface area contributed by atoms with Gasteiger partial charge in [0.1, 0.15) is 6.04 Å². The summed E-state index contributed by atoms with van der Waals surface area (Å²) in [5, 5.41) is 16.3. The highest BCUT2D eigenvalue weighted by Crippen LogP contribution is 2.32. The Morgan fingerprint density at radius 3 is 1.46 bits per heavy atom. The smallest absolute Gasteiger partial charge is 0.407 e. The number of methoxy groups -OCH3 is 2. The van der Waals surface area contributed by atoms with Crippen molar-refractivity contribution in [3.8, 4) is 0 Å². The number of hydrogen-bond donors (Lipinski definition) is 5. The highest BCUT2D eigenvalue weighted by atomic mass is 16.5. The van der Waals surface area contributed by atoms with Gasteiger partial charge in [0.05, 0.1) is 32.6 Å². The highest BCUT2D eigenvalue weighted by molar-refractivity contribution is 5.98. The van der Waals surface area contributed by atoms with Crippen LogP contribution in [0.25, 0.3) is 0 Å². The number of benzene rings is 6. The fourth-order valence-corrected chi connectivity index (χ4v) is 8.64. The van der Waals surface area contributed by atoms with Gasteiger partial charge in [-0.2, -0.15) is 0 Å². The maximum atomic E-state index is 14.3. The van der Waals surface area contributed by atoms with E-state index in [2.05, 4.69) is 56.9 Å². The molecule has 1 fully saturated rings. The second-order valence-electron chi connectivity index (χ2n) is 16.3. The van der Waals surface area contributed by atoms with Crippen LogP contribution < -0.4 is 26.6 Å². The normalized spacial score (nSPS) is 15.8. The summed E-state index contributed by atoms with van der Waals surface area (Å²) in [6.07, 6.45) is 2.27. The molecule has 7 rings (SSSR count). The van der Waals surface area contributed by atoms with Gasteiger partial charge >= 0.3 is 6.09 Å². The summed E-state index contributed by atoms with van der Waals surface area (Å²) in [4.78, 5) is 41.2. The predicted octanol–water partition coefficient (Wildman–Crippen LogP) is 8.44. The van der Waals surface area contributed by atoms with Crippen molar-refractivity contribution in [2.45, 2.75) is 61.7 Å². The number of aryl methyl sites for hydroxylation is 2. The van der Waals surface area contributed by atoms with Crippen LogP contribution in [0.4, 0.5) is 16.2 Å². The van der Waals surface area contributed by atoms with Crippen molar-refractivity contribution in [3.05, 3.63) is 203 Å². The minimum atomic E-state index is -0.965. The third kappa shape index (κ3) is 12.8. The zero-order chi connectivity index (χ0) is 45.2. The van der Waals surface area contributed by atoms with Crippen molar-refractivity contribution in [2.24, 2.45) is 0 Å². The second-order valence-corrected chi connectivity index (χ2v) is 16.3. The van der Waals surface area contributed by atoms with E-state index in [9.17, 15) is 14.4 Å². The number of carbonyl (C=O) groups excluding carboxylic acids is 3. The zero-order valence-electron chi connectivity index (χ0n) is 37.0. The molecule has 65 heavy (non-hydrogen) atoms. The van der Waals surface area contributed by atoms with Crippen LogP contribution in [0, 0.1) is 0 Å². The Labute approximate surface area is 382 Å². The number of hydrogen-bond acceptors (Lipinski definition) is 8. The van der Waals surface area contributed by atoms with Gasteiger partial charge < -0.3 is 35.5 Å². The van der Waals surface area contributed by atoms with Gasteiger partial charge in [0.25, 0.3) is 0 Å². The second kappa shape index (κ2) is 23.9. The van der Waals surface area contributed by atoms with Gasteiger partial charge in [-0.1, -0.05) is 158 Å². The topological polar surface area (TPSA) is 139 Å². The lowest BCUT2D eigenvalue weighted by Gasteiger charge is -2.31. The van der Waals surface area contributed by atoms with Gasteiger partial charge in [-0.25, -0.2) is 4.79 Å². The molecule has 0 aromatic heterocycles.